The van der Waals surface area contributed by atoms with Crippen LogP contribution in [0, 0.1) is 5.92 Å². The second kappa shape index (κ2) is 8.32. The summed E-state index contributed by atoms with van der Waals surface area (Å²) in [6.07, 6.45) is 1.59. The van der Waals surface area contributed by atoms with Gasteiger partial charge in [-0.05, 0) is 37.8 Å². The summed E-state index contributed by atoms with van der Waals surface area (Å²) in [5, 5.41) is 0. The van der Waals surface area contributed by atoms with Crippen molar-refractivity contribution in [2.24, 2.45) is 11.7 Å². The van der Waals surface area contributed by atoms with Gasteiger partial charge in [-0.3, -0.25) is 0 Å². The zero-order valence-corrected chi connectivity index (χ0v) is 17.1. The Hall–Kier alpha value is -0.710. The van der Waals surface area contributed by atoms with Gasteiger partial charge in [0, 0.05) is 33.2 Å². The molecule has 0 aliphatic carbocycles. The Morgan fingerprint density at radius 1 is 1.16 bits per heavy atom. The lowest BCUT2D eigenvalue weighted by Crippen LogP contribution is -2.45. The predicted octanol–water partition coefficient (Wildman–Crippen LogP) is 1.11. The van der Waals surface area contributed by atoms with Crippen molar-refractivity contribution in [3.05, 3.63) is 24.3 Å². The van der Waals surface area contributed by atoms with E-state index in [1.165, 1.54) is 42.7 Å². The Bertz CT molecular complexity index is 795. The van der Waals surface area contributed by atoms with Gasteiger partial charge in [0.2, 0.25) is 20.0 Å². The number of rotatable bonds is 5. The average molecular weight is 412 g/mol. The van der Waals surface area contributed by atoms with E-state index in [0.717, 1.165) is 10.7 Å². The van der Waals surface area contributed by atoms with Crippen LogP contribution in [0.4, 0.5) is 0 Å². The molecule has 2 N–H and O–H groups in total. The smallest absolute Gasteiger partial charge is 0.244 e. The molecule has 10 heteroatoms. The van der Waals surface area contributed by atoms with Gasteiger partial charge in [0.25, 0.3) is 0 Å². The van der Waals surface area contributed by atoms with E-state index in [9.17, 15) is 16.8 Å². The number of hydrogen-bond acceptors (Lipinski definition) is 5. The van der Waals surface area contributed by atoms with Gasteiger partial charge in [-0.1, -0.05) is 12.1 Å². The van der Waals surface area contributed by atoms with Crippen molar-refractivity contribution in [1.82, 2.24) is 8.61 Å². The summed E-state index contributed by atoms with van der Waals surface area (Å²) in [4.78, 5) is -0.373. The molecular formula is C15H26ClN3O4S2. The minimum absolute atomic E-state index is 0. The molecule has 0 bridgehead atoms. The molecule has 1 heterocycles. The second-order valence-electron chi connectivity index (χ2n) is 6.36. The molecule has 1 aromatic rings. The first-order valence-corrected chi connectivity index (χ1v) is 10.7. The van der Waals surface area contributed by atoms with Crippen LogP contribution in [-0.2, 0) is 20.0 Å². The highest BCUT2D eigenvalue weighted by Crippen LogP contribution is 2.29. The minimum Gasteiger partial charge on any atom is -0.328 e. The molecule has 144 valence electrons. The van der Waals surface area contributed by atoms with Crippen molar-refractivity contribution < 1.29 is 16.8 Å². The van der Waals surface area contributed by atoms with E-state index in [4.69, 9.17) is 5.73 Å². The lowest BCUT2D eigenvalue weighted by Gasteiger charge is -2.34. The highest BCUT2D eigenvalue weighted by atomic mass is 35.5. The molecule has 0 spiro atoms. The van der Waals surface area contributed by atoms with E-state index in [1.807, 2.05) is 6.92 Å². The number of nitrogens with two attached hydrogens (primary N) is 1. The number of halogens is 1. The first-order chi connectivity index (χ1) is 11.1. The van der Waals surface area contributed by atoms with Crippen LogP contribution < -0.4 is 5.73 Å². The van der Waals surface area contributed by atoms with Crippen molar-refractivity contribution in [1.29, 1.82) is 0 Å². The van der Waals surface area contributed by atoms with Crippen LogP contribution in [0.2, 0.25) is 0 Å². The van der Waals surface area contributed by atoms with E-state index in [-0.39, 0.29) is 34.2 Å². The van der Waals surface area contributed by atoms with Crippen molar-refractivity contribution >= 4 is 32.5 Å². The normalized spacial score (nSPS) is 20.9. The average Bonchev–Trinajstić information content (AvgIpc) is 2.54. The molecule has 2 atom stereocenters. The molecule has 0 radical (unpaired) electrons. The van der Waals surface area contributed by atoms with Gasteiger partial charge in [0.1, 0.15) is 9.79 Å². The van der Waals surface area contributed by atoms with Gasteiger partial charge in [0.05, 0.1) is 0 Å². The molecule has 0 amide bonds. The maximum Gasteiger partial charge on any atom is 0.244 e. The number of nitrogens with zero attached hydrogens (tertiary/aromatic N) is 2. The van der Waals surface area contributed by atoms with E-state index >= 15 is 0 Å². The van der Waals surface area contributed by atoms with Gasteiger partial charge in [0.15, 0.2) is 0 Å². The highest BCUT2D eigenvalue weighted by molar-refractivity contribution is 7.92. The molecule has 0 saturated carbocycles. The Labute approximate surface area is 156 Å². The number of piperidine rings is 1. The Kier molecular flexibility index (Phi) is 7.43. The predicted molar refractivity (Wildman–Crippen MR) is 99.7 cm³/mol. The van der Waals surface area contributed by atoms with Crippen LogP contribution >= 0.6 is 12.4 Å². The molecule has 1 saturated heterocycles. The molecular weight excluding hydrogens is 386 g/mol. The fourth-order valence-corrected chi connectivity index (χ4v) is 6.04. The summed E-state index contributed by atoms with van der Waals surface area (Å²) in [5.41, 5.74) is 5.93. The fraction of sp³-hybridized carbons (Fsp3) is 0.600. The van der Waals surface area contributed by atoms with Gasteiger partial charge in [-0.25, -0.2) is 21.1 Å². The maximum atomic E-state index is 13.0. The first-order valence-electron chi connectivity index (χ1n) is 7.85. The summed E-state index contributed by atoms with van der Waals surface area (Å²) >= 11 is 0. The van der Waals surface area contributed by atoms with Crippen molar-refractivity contribution in [2.75, 3.05) is 27.2 Å². The van der Waals surface area contributed by atoms with E-state index in [0.29, 0.717) is 19.5 Å². The van der Waals surface area contributed by atoms with Crippen LogP contribution in [0.15, 0.2) is 34.1 Å². The maximum absolute atomic E-state index is 13.0. The first kappa shape index (κ1) is 22.3. The lowest BCUT2D eigenvalue weighted by molar-refractivity contribution is 0.243. The summed E-state index contributed by atoms with van der Waals surface area (Å²) in [7, 11) is -5.00. The van der Waals surface area contributed by atoms with Crippen LogP contribution in [0.5, 0.6) is 0 Å². The SMILES string of the molecule is CC(N)C1CCCN(S(=O)(=O)c2ccccc2S(=O)(=O)N(C)C)C1.Cl. The quantitative estimate of drug-likeness (QED) is 0.781. The third-order valence-electron chi connectivity index (χ3n) is 4.39. The number of benzene rings is 1. The zero-order valence-electron chi connectivity index (χ0n) is 14.6. The highest BCUT2D eigenvalue weighted by Gasteiger charge is 2.35. The van der Waals surface area contributed by atoms with E-state index in [2.05, 4.69) is 0 Å². The van der Waals surface area contributed by atoms with Gasteiger partial charge in [-0.15, -0.1) is 12.4 Å². The van der Waals surface area contributed by atoms with Crippen LogP contribution in [0.25, 0.3) is 0 Å². The van der Waals surface area contributed by atoms with Crippen molar-refractivity contribution in [2.45, 2.75) is 35.6 Å². The fourth-order valence-electron chi connectivity index (χ4n) is 2.83. The molecule has 7 nitrogen and oxygen atoms in total. The lowest BCUT2D eigenvalue weighted by atomic mass is 9.93. The van der Waals surface area contributed by atoms with Crippen molar-refractivity contribution in [3.63, 3.8) is 0 Å². The van der Waals surface area contributed by atoms with Gasteiger partial charge >= 0.3 is 0 Å². The van der Waals surface area contributed by atoms with E-state index in [1.54, 1.807) is 0 Å². The molecule has 1 aliphatic heterocycles. The molecule has 2 rings (SSSR count). The Morgan fingerprint density at radius 3 is 2.24 bits per heavy atom. The van der Waals surface area contributed by atoms with Crippen LogP contribution in [0.3, 0.4) is 0 Å². The minimum atomic E-state index is -3.90. The molecule has 2 unspecified atom stereocenters. The van der Waals surface area contributed by atoms with Crippen LogP contribution in [0.1, 0.15) is 19.8 Å². The van der Waals surface area contributed by atoms with Crippen LogP contribution in [-0.4, -0.2) is 58.7 Å². The summed E-state index contributed by atoms with van der Waals surface area (Å²) in [6, 6.07) is 5.63. The second-order valence-corrected chi connectivity index (χ2v) is 10.4. The Balaban J connectivity index is 0.00000312. The standard InChI is InChI=1S/C15H25N3O4S2.ClH/c1-12(16)13-7-6-10-18(11-13)24(21,22)15-9-5-4-8-14(15)23(19,20)17(2)3;/h4-5,8-9,12-13H,6-7,10-11,16H2,1-3H3;1H. The molecule has 1 aromatic carbocycles. The summed E-state index contributed by atoms with van der Waals surface area (Å²) < 4.78 is 53.4. The third kappa shape index (κ3) is 4.53. The molecule has 0 aromatic heterocycles. The zero-order chi connectivity index (χ0) is 18.1. The molecule has 1 aliphatic rings. The van der Waals surface area contributed by atoms with Gasteiger partial charge in [-0.2, -0.15) is 4.31 Å². The number of sulfonamides is 2. The summed E-state index contributed by atoms with van der Waals surface area (Å²) in [5.74, 6) is 0.0751. The van der Waals surface area contributed by atoms with Crippen molar-refractivity contribution in [3.8, 4) is 0 Å². The topological polar surface area (TPSA) is 101 Å². The molecule has 25 heavy (non-hydrogen) atoms. The largest absolute Gasteiger partial charge is 0.328 e. The number of hydrogen-bond donors (Lipinski definition) is 1. The molecule has 1 fully saturated rings. The van der Waals surface area contributed by atoms with E-state index < -0.39 is 20.0 Å². The third-order valence-corrected chi connectivity index (χ3v) is 8.32. The summed E-state index contributed by atoms with van der Waals surface area (Å²) in [6.45, 7) is 2.56. The monoisotopic (exact) mass is 411 g/mol. The Morgan fingerprint density at radius 2 is 1.72 bits per heavy atom. The van der Waals surface area contributed by atoms with Gasteiger partial charge < -0.3 is 5.73 Å².